The minimum atomic E-state index is -4.61. The summed E-state index contributed by atoms with van der Waals surface area (Å²) in [7, 11) is -4.61. The van der Waals surface area contributed by atoms with E-state index in [4.69, 9.17) is 0 Å². The van der Waals surface area contributed by atoms with Crippen LogP contribution >= 0.6 is 0 Å². The Labute approximate surface area is 123 Å². The molecule has 4 nitrogen and oxygen atoms in total. The van der Waals surface area contributed by atoms with Crippen molar-refractivity contribution < 1.29 is 22.0 Å². The van der Waals surface area contributed by atoms with E-state index >= 15 is 0 Å². The molecule has 1 N–H and O–H groups in total. The third-order valence-corrected chi connectivity index (χ3v) is 4.39. The van der Waals surface area contributed by atoms with Gasteiger partial charge in [0.25, 0.3) is 5.91 Å². The van der Waals surface area contributed by atoms with Gasteiger partial charge in [0.15, 0.2) is 0 Å². The van der Waals surface area contributed by atoms with Crippen LogP contribution in [0.1, 0.15) is 43.0 Å². The predicted molar refractivity (Wildman–Crippen MR) is 76.1 cm³/mol. The van der Waals surface area contributed by atoms with Gasteiger partial charge in [-0.3, -0.25) is 4.79 Å². The third-order valence-electron chi connectivity index (χ3n) is 3.00. The average Bonchev–Trinajstić information content (AvgIpc) is 2.46. The summed E-state index contributed by atoms with van der Waals surface area (Å²) in [6, 6.07) is 4.51. The van der Waals surface area contributed by atoms with Crippen molar-refractivity contribution in [3.63, 3.8) is 0 Å². The second-order valence-corrected chi connectivity index (χ2v) is 6.56. The number of hydrogen-bond acceptors (Lipinski definition) is 3. The molecule has 0 radical (unpaired) electrons. The second kappa shape index (κ2) is 8.07. The first-order valence-electron chi connectivity index (χ1n) is 6.80. The van der Waals surface area contributed by atoms with Crippen LogP contribution in [0.3, 0.4) is 0 Å². The molecule has 21 heavy (non-hydrogen) atoms. The number of benzene rings is 1. The highest BCUT2D eigenvalue weighted by Gasteiger charge is 2.26. The van der Waals surface area contributed by atoms with Crippen molar-refractivity contribution in [3.8, 4) is 0 Å². The topological polar surface area (TPSA) is 63.2 Å². The molecule has 118 valence electrons. The van der Waals surface area contributed by atoms with E-state index in [1.807, 2.05) is 0 Å². The molecule has 1 aromatic rings. The van der Waals surface area contributed by atoms with Crippen LogP contribution in [0, 0.1) is 0 Å². The zero-order chi connectivity index (χ0) is 15.9. The van der Waals surface area contributed by atoms with Gasteiger partial charge in [-0.15, -0.1) is 0 Å². The highest BCUT2D eigenvalue weighted by Crippen LogP contribution is 2.18. The molecule has 0 heterocycles. The van der Waals surface area contributed by atoms with Crippen LogP contribution in [-0.4, -0.2) is 26.6 Å². The lowest BCUT2D eigenvalue weighted by molar-refractivity contribution is 0.0953. The van der Waals surface area contributed by atoms with E-state index in [9.17, 15) is 22.0 Å². The van der Waals surface area contributed by atoms with E-state index in [1.165, 1.54) is 12.1 Å². The van der Waals surface area contributed by atoms with Crippen molar-refractivity contribution in [2.75, 3.05) is 6.54 Å². The van der Waals surface area contributed by atoms with Gasteiger partial charge >= 0.3 is 5.76 Å². The number of carbonyl (C=O) groups is 1. The van der Waals surface area contributed by atoms with Crippen LogP contribution < -0.4 is 5.32 Å². The van der Waals surface area contributed by atoms with Gasteiger partial charge in [0, 0.05) is 12.1 Å². The molecule has 7 heteroatoms. The van der Waals surface area contributed by atoms with Gasteiger partial charge in [-0.1, -0.05) is 26.2 Å². The highest BCUT2D eigenvalue weighted by atomic mass is 32.2. The quantitative estimate of drug-likeness (QED) is 0.749. The summed E-state index contributed by atoms with van der Waals surface area (Å²) in [5.74, 6) is -3.80. The predicted octanol–water partition coefficient (Wildman–Crippen LogP) is 2.99. The number of hydrogen-bond donors (Lipinski definition) is 1. The zero-order valence-corrected chi connectivity index (χ0v) is 12.6. The van der Waals surface area contributed by atoms with Crippen molar-refractivity contribution in [1.82, 2.24) is 5.32 Å². The van der Waals surface area contributed by atoms with E-state index in [1.54, 1.807) is 0 Å². The van der Waals surface area contributed by atoms with E-state index in [0.29, 0.717) is 6.54 Å². The van der Waals surface area contributed by atoms with Crippen LogP contribution in [0.15, 0.2) is 29.2 Å². The minimum absolute atomic E-state index is 0.249. The van der Waals surface area contributed by atoms with Crippen LogP contribution in [0.4, 0.5) is 8.78 Å². The Morgan fingerprint density at radius 1 is 1.14 bits per heavy atom. The molecule has 0 saturated carbocycles. The lowest BCUT2D eigenvalue weighted by Gasteiger charge is -2.06. The Hall–Kier alpha value is -1.50. The summed E-state index contributed by atoms with van der Waals surface area (Å²) in [5, 5.41) is 2.70. The Kier molecular flexibility index (Phi) is 6.74. The normalized spacial score (nSPS) is 11.6. The number of rotatable bonds is 8. The Morgan fingerprint density at radius 3 is 2.29 bits per heavy atom. The number of nitrogens with one attached hydrogen (secondary N) is 1. The van der Waals surface area contributed by atoms with E-state index in [0.717, 1.165) is 37.8 Å². The van der Waals surface area contributed by atoms with Crippen LogP contribution in [-0.2, 0) is 9.84 Å². The average molecular weight is 319 g/mol. The summed E-state index contributed by atoms with van der Waals surface area (Å²) < 4.78 is 47.2. The zero-order valence-electron chi connectivity index (χ0n) is 11.8. The first-order chi connectivity index (χ1) is 9.89. The van der Waals surface area contributed by atoms with Crippen molar-refractivity contribution >= 4 is 15.7 Å². The summed E-state index contributed by atoms with van der Waals surface area (Å²) in [4.78, 5) is 11.3. The third kappa shape index (κ3) is 5.08. The molecule has 0 fully saturated rings. The molecule has 1 amide bonds. The molecular weight excluding hydrogens is 300 g/mol. The molecule has 0 spiro atoms. The summed E-state index contributed by atoms with van der Waals surface area (Å²) in [6.07, 6.45) is 4.11. The van der Waals surface area contributed by atoms with E-state index in [-0.39, 0.29) is 11.5 Å². The molecule has 0 aliphatic heterocycles. The van der Waals surface area contributed by atoms with Gasteiger partial charge < -0.3 is 5.32 Å². The molecule has 0 aliphatic rings. The SMILES string of the molecule is CCCCCCNC(=O)c1ccc(S(=O)(=O)C(F)F)cc1. The molecule has 0 aromatic heterocycles. The maximum atomic E-state index is 12.4. The summed E-state index contributed by atoms with van der Waals surface area (Å²) >= 11 is 0. The van der Waals surface area contributed by atoms with Crippen molar-refractivity contribution in [2.45, 2.75) is 43.3 Å². The number of halogens is 2. The van der Waals surface area contributed by atoms with Crippen LogP contribution in [0.2, 0.25) is 0 Å². The second-order valence-electron chi connectivity index (χ2n) is 4.65. The molecule has 0 aliphatic carbocycles. The molecule has 1 rings (SSSR count). The summed E-state index contributed by atoms with van der Waals surface area (Å²) in [6.45, 7) is 2.63. The number of unbranched alkanes of at least 4 members (excludes halogenated alkanes) is 3. The smallest absolute Gasteiger partial charge is 0.341 e. The first-order valence-corrected chi connectivity index (χ1v) is 8.34. The van der Waals surface area contributed by atoms with Crippen molar-refractivity contribution in [1.29, 1.82) is 0 Å². The Morgan fingerprint density at radius 2 is 1.76 bits per heavy atom. The molecule has 0 atom stereocenters. The fraction of sp³-hybridized carbons (Fsp3) is 0.500. The van der Waals surface area contributed by atoms with Crippen molar-refractivity contribution in [3.05, 3.63) is 29.8 Å². The van der Waals surface area contributed by atoms with Crippen molar-refractivity contribution in [2.24, 2.45) is 0 Å². The molecule has 0 saturated heterocycles. The van der Waals surface area contributed by atoms with Gasteiger partial charge in [0.1, 0.15) is 0 Å². The lowest BCUT2D eigenvalue weighted by atomic mass is 10.2. The molecular formula is C14H19F2NO3S. The van der Waals surface area contributed by atoms with Crippen LogP contribution in [0.25, 0.3) is 0 Å². The van der Waals surface area contributed by atoms with Crippen LogP contribution in [0.5, 0.6) is 0 Å². The van der Waals surface area contributed by atoms with E-state index in [2.05, 4.69) is 12.2 Å². The largest absolute Gasteiger partial charge is 0.352 e. The van der Waals surface area contributed by atoms with Gasteiger partial charge in [-0.2, -0.15) is 8.78 Å². The number of carbonyl (C=O) groups excluding carboxylic acids is 1. The molecule has 0 bridgehead atoms. The molecule has 1 aromatic carbocycles. The van der Waals surface area contributed by atoms with Gasteiger partial charge in [-0.25, -0.2) is 8.42 Å². The Balaban J connectivity index is 2.60. The minimum Gasteiger partial charge on any atom is -0.352 e. The first kappa shape index (κ1) is 17.6. The van der Waals surface area contributed by atoms with Gasteiger partial charge in [-0.05, 0) is 30.7 Å². The lowest BCUT2D eigenvalue weighted by Crippen LogP contribution is -2.24. The van der Waals surface area contributed by atoms with Gasteiger partial charge in [0.05, 0.1) is 4.90 Å². The van der Waals surface area contributed by atoms with Gasteiger partial charge in [0.2, 0.25) is 9.84 Å². The highest BCUT2D eigenvalue weighted by molar-refractivity contribution is 7.91. The van der Waals surface area contributed by atoms with E-state index < -0.39 is 20.5 Å². The fourth-order valence-corrected chi connectivity index (χ4v) is 2.48. The molecule has 0 unspecified atom stereocenters. The maximum absolute atomic E-state index is 12.4. The standard InChI is InChI=1S/C14H19F2NO3S/c1-2-3-4-5-10-17-13(18)11-6-8-12(9-7-11)21(19,20)14(15)16/h6-9,14H,2-5,10H2,1H3,(H,17,18). The number of amides is 1. The number of sulfone groups is 1. The monoisotopic (exact) mass is 319 g/mol. The Bertz CT molecular complexity index is 556. The number of alkyl halides is 2. The fourth-order valence-electron chi connectivity index (χ4n) is 1.75. The summed E-state index contributed by atoms with van der Waals surface area (Å²) in [5.41, 5.74) is 0.249. The maximum Gasteiger partial charge on any atom is 0.341 e.